The van der Waals surface area contributed by atoms with Crippen LogP contribution in [0.2, 0.25) is 0 Å². The number of amides is 1. The second-order valence-corrected chi connectivity index (χ2v) is 7.41. The van der Waals surface area contributed by atoms with Gasteiger partial charge < -0.3 is 15.4 Å². The summed E-state index contributed by atoms with van der Waals surface area (Å²) in [5.41, 5.74) is 7.49. The standard InChI is InChI=1S/C20H30N2O2/c1-15-4-10-18(11-5-15)22(14-19-3-2-12-24-19)20(23)17-8-6-16(13-21)7-9-17/h6-9,15,18-19H,2-5,10-14,21H2,1H3. The molecule has 2 fully saturated rings. The van der Waals surface area contributed by atoms with Gasteiger partial charge in [0, 0.05) is 31.3 Å². The van der Waals surface area contributed by atoms with E-state index in [1.807, 2.05) is 24.3 Å². The molecule has 1 saturated heterocycles. The second kappa shape index (κ2) is 8.13. The maximum atomic E-state index is 13.2. The molecular formula is C20H30N2O2. The highest BCUT2D eigenvalue weighted by atomic mass is 16.5. The number of benzene rings is 1. The van der Waals surface area contributed by atoms with Crippen LogP contribution in [-0.2, 0) is 11.3 Å². The van der Waals surface area contributed by atoms with Crippen molar-refractivity contribution in [2.45, 2.75) is 64.1 Å². The molecule has 0 spiro atoms. The normalized spacial score (nSPS) is 27.2. The molecule has 1 unspecified atom stereocenters. The Morgan fingerprint density at radius 3 is 2.46 bits per heavy atom. The first-order valence-corrected chi connectivity index (χ1v) is 9.39. The van der Waals surface area contributed by atoms with Crippen molar-refractivity contribution in [3.8, 4) is 0 Å². The molecule has 4 nitrogen and oxygen atoms in total. The fourth-order valence-electron chi connectivity index (χ4n) is 3.91. The van der Waals surface area contributed by atoms with E-state index in [9.17, 15) is 4.79 Å². The van der Waals surface area contributed by atoms with E-state index in [0.717, 1.165) is 55.9 Å². The van der Waals surface area contributed by atoms with Crippen LogP contribution < -0.4 is 5.73 Å². The molecule has 0 radical (unpaired) electrons. The molecule has 0 aromatic heterocycles. The van der Waals surface area contributed by atoms with Crippen LogP contribution in [0.15, 0.2) is 24.3 Å². The van der Waals surface area contributed by atoms with E-state index in [0.29, 0.717) is 12.6 Å². The van der Waals surface area contributed by atoms with Gasteiger partial charge in [-0.2, -0.15) is 0 Å². The number of carbonyl (C=O) groups is 1. The van der Waals surface area contributed by atoms with Crippen molar-refractivity contribution >= 4 is 5.91 Å². The zero-order valence-electron chi connectivity index (χ0n) is 14.7. The Balaban J connectivity index is 1.75. The molecule has 3 rings (SSSR count). The van der Waals surface area contributed by atoms with E-state index in [4.69, 9.17) is 10.5 Å². The lowest BCUT2D eigenvalue weighted by atomic mass is 9.86. The number of carbonyl (C=O) groups excluding carboxylic acids is 1. The summed E-state index contributed by atoms with van der Waals surface area (Å²) >= 11 is 0. The summed E-state index contributed by atoms with van der Waals surface area (Å²) in [5.74, 6) is 0.929. The third-order valence-corrected chi connectivity index (χ3v) is 5.55. The van der Waals surface area contributed by atoms with E-state index < -0.39 is 0 Å². The molecule has 1 amide bonds. The largest absolute Gasteiger partial charge is 0.376 e. The zero-order valence-corrected chi connectivity index (χ0v) is 14.7. The highest BCUT2D eigenvalue weighted by Crippen LogP contribution is 2.29. The van der Waals surface area contributed by atoms with E-state index in [1.165, 1.54) is 12.8 Å². The summed E-state index contributed by atoms with van der Waals surface area (Å²) in [5, 5.41) is 0. The minimum atomic E-state index is 0.147. The molecule has 2 aliphatic rings. The molecule has 24 heavy (non-hydrogen) atoms. The molecule has 1 atom stereocenters. The van der Waals surface area contributed by atoms with Crippen molar-refractivity contribution in [3.05, 3.63) is 35.4 Å². The maximum absolute atomic E-state index is 13.2. The van der Waals surface area contributed by atoms with Gasteiger partial charge in [0.1, 0.15) is 0 Å². The zero-order chi connectivity index (χ0) is 16.9. The fourth-order valence-corrected chi connectivity index (χ4v) is 3.91. The van der Waals surface area contributed by atoms with Crippen LogP contribution in [0.5, 0.6) is 0 Å². The van der Waals surface area contributed by atoms with Crippen LogP contribution in [0, 0.1) is 5.92 Å². The third-order valence-electron chi connectivity index (χ3n) is 5.55. The van der Waals surface area contributed by atoms with Crippen LogP contribution in [0.25, 0.3) is 0 Å². The van der Waals surface area contributed by atoms with Crippen LogP contribution >= 0.6 is 0 Å². The van der Waals surface area contributed by atoms with Crippen molar-refractivity contribution in [2.75, 3.05) is 13.2 Å². The third kappa shape index (κ3) is 4.17. The first-order chi connectivity index (χ1) is 11.7. The van der Waals surface area contributed by atoms with Gasteiger partial charge in [-0.15, -0.1) is 0 Å². The maximum Gasteiger partial charge on any atom is 0.254 e. The quantitative estimate of drug-likeness (QED) is 0.901. The van der Waals surface area contributed by atoms with Gasteiger partial charge in [0.25, 0.3) is 5.91 Å². The van der Waals surface area contributed by atoms with Crippen molar-refractivity contribution in [1.29, 1.82) is 0 Å². The number of nitrogens with zero attached hydrogens (tertiary/aromatic N) is 1. The molecule has 1 aliphatic heterocycles. The van der Waals surface area contributed by atoms with Gasteiger partial charge in [-0.1, -0.05) is 19.1 Å². The van der Waals surface area contributed by atoms with Gasteiger partial charge in [-0.3, -0.25) is 4.79 Å². The minimum Gasteiger partial charge on any atom is -0.376 e. The van der Waals surface area contributed by atoms with Gasteiger partial charge in [0.2, 0.25) is 0 Å². The van der Waals surface area contributed by atoms with Gasteiger partial charge in [-0.05, 0) is 62.1 Å². The molecule has 132 valence electrons. The molecule has 4 heteroatoms. The Hall–Kier alpha value is -1.39. The van der Waals surface area contributed by atoms with E-state index in [2.05, 4.69) is 11.8 Å². The molecule has 1 aliphatic carbocycles. The Morgan fingerprint density at radius 1 is 1.17 bits per heavy atom. The fraction of sp³-hybridized carbons (Fsp3) is 0.650. The number of rotatable bonds is 5. The summed E-state index contributed by atoms with van der Waals surface area (Å²) in [6.45, 7) is 4.39. The summed E-state index contributed by atoms with van der Waals surface area (Å²) in [6.07, 6.45) is 7.04. The molecule has 1 aromatic rings. The molecule has 1 aromatic carbocycles. The molecule has 2 N–H and O–H groups in total. The number of nitrogens with two attached hydrogens (primary N) is 1. The van der Waals surface area contributed by atoms with E-state index in [-0.39, 0.29) is 12.0 Å². The Kier molecular flexibility index (Phi) is 5.90. The van der Waals surface area contributed by atoms with Crippen molar-refractivity contribution in [2.24, 2.45) is 11.7 Å². The summed E-state index contributed by atoms with van der Waals surface area (Å²) < 4.78 is 5.81. The topological polar surface area (TPSA) is 55.6 Å². The van der Waals surface area contributed by atoms with Crippen LogP contribution in [0.3, 0.4) is 0 Å². The van der Waals surface area contributed by atoms with Gasteiger partial charge in [-0.25, -0.2) is 0 Å². The predicted octanol–water partition coefficient (Wildman–Crippen LogP) is 3.35. The first kappa shape index (κ1) is 17.4. The Labute approximate surface area is 145 Å². The van der Waals surface area contributed by atoms with Crippen molar-refractivity contribution < 1.29 is 9.53 Å². The van der Waals surface area contributed by atoms with Crippen molar-refractivity contribution in [1.82, 2.24) is 4.90 Å². The summed E-state index contributed by atoms with van der Waals surface area (Å²) in [4.78, 5) is 15.2. The first-order valence-electron chi connectivity index (χ1n) is 9.39. The van der Waals surface area contributed by atoms with E-state index in [1.54, 1.807) is 0 Å². The molecule has 1 heterocycles. The number of hydrogen-bond donors (Lipinski definition) is 1. The van der Waals surface area contributed by atoms with Gasteiger partial charge in [0.15, 0.2) is 0 Å². The van der Waals surface area contributed by atoms with E-state index >= 15 is 0 Å². The molecular weight excluding hydrogens is 300 g/mol. The monoisotopic (exact) mass is 330 g/mol. The lowest BCUT2D eigenvalue weighted by molar-refractivity contribution is 0.0341. The van der Waals surface area contributed by atoms with Crippen LogP contribution in [0.1, 0.15) is 61.4 Å². The highest BCUT2D eigenvalue weighted by molar-refractivity contribution is 5.94. The number of hydrogen-bond acceptors (Lipinski definition) is 3. The smallest absolute Gasteiger partial charge is 0.254 e. The van der Waals surface area contributed by atoms with Crippen LogP contribution in [-0.4, -0.2) is 36.1 Å². The van der Waals surface area contributed by atoms with Crippen molar-refractivity contribution in [3.63, 3.8) is 0 Å². The predicted molar refractivity (Wildman–Crippen MR) is 95.8 cm³/mol. The lowest BCUT2D eigenvalue weighted by Crippen LogP contribution is -2.46. The Bertz CT molecular complexity index is 529. The highest BCUT2D eigenvalue weighted by Gasteiger charge is 2.31. The van der Waals surface area contributed by atoms with Crippen LogP contribution in [0.4, 0.5) is 0 Å². The average molecular weight is 330 g/mol. The SMILES string of the molecule is CC1CCC(N(CC2CCCO2)C(=O)c2ccc(CN)cc2)CC1. The molecule has 1 saturated carbocycles. The number of ether oxygens (including phenoxy) is 1. The van der Waals surface area contributed by atoms with Gasteiger partial charge >= 0.3 is 0 Å². The Morgan fingerprint density at radius 2 is 1.88 bits per heavy atom. The van der Waals surface area contributed by atoms with Gasteiger partial charge in [0.05, 0.1) is 6.10 Å². The second-order valence-electron chi connectivity index (χ2n) is 7.41. The molecule has 0 bridgehead atoms. The lowest BCUT2D eigenvalue weighted by Gasteiger charge is -2.37. The minimum absolute atomic E-state index is 0.147. The average Bonchev–Trinajstić information content (AvgIpc) is 3.13. The summed E-state index contributed by atoms with van der Waals surface area (Å²) in [7, 11) is 0. The summed E-state index contributed by atoms with van der Waals surface area (Å²) in [6, 6.07) is 8.10.